The molecule has 4 heteroatoms. The van der Waals surface area contributed by atoms with Crippen LogP contribution < -0.4 is 0 Å². The highest BCUT2D eigenvalue weighted by Gasteiger charge is 2.32. The topological polar surface area (TPSA) is 46.9 Å². The molecule has 2 fully saturated rings. The van der Waals surface area contributed by atoms with Gasteiger partial charge in [0, 0.05) is 44.9 Å². The molecule has 1 saturated heterocycles. The molecule has 23 heavy (non-hydrogen) atoms. The Hall–Kier alpha value is -1.10. The highest BCUT2D eigenvalue weighted by molar-refractivity contribution is 5.27. The second-order valence-corrected chi connectivity index (χ2v) is 7.10. The molecule has 1 aliphatic heterocycles. The van der Waals surface area contributed by atoms with Crippen molar-refractivity contribution in [2.45, 2.75) is 57.2 Å². The molecule has 1 aromatic rings. The Balaban J connectivity index is 1.61. The van der Waals surface area contributed by atoms with E-state index in [1.807, 2.05) is 12.1 Å². The summed E-state index contributed by atoms with van der Waals surface area (Å²) in [5.41, 5.74) is 1.17. The maximum atomic E-state index is 9.63. The van der Waals surface area contributed by atoms with Crippen molar-refractivity contribution in [3.8, 4) is 5.75 Å². The van der Waals surface area contributed by atoms with Crippen LogP contribution in [0.4, 0.5) is 0 Å². The molecule has 3 rings (SSSR count). The number of rotatable bonds is 5. The Labute approximate surface area is 139 Å². The fraction of sp³-hybridized carbons (Fsp3) is 0.684. The average molecular weight is 318 g/mol. The number of aliphatic hydroxyl groups is 1. The maximum absolute atomic E-state index is 9.63. The van der Waals surface area contributed by atoms with Crippen LogP contribution >= 0.6 is 0 Å². The molecule has 0 aromatic heterocycles. The third kappa shape index (κ3) is 4.46. The van der Waals surface area contributed by atoms with Crippen LogP contribution in [0.25, 0.3) is 0 Å². The molecule has 1 aliphatic carbocycles. The normalized spacial score (nSPS) is 24.8. The van der Waals surface area contributed by atoms with Gasteiger partial charge in [0.05, 0.1) is 0 Å². The Morgan fingerprint density at radius 3 is 2.65 bits per heavy atom. The molecule has 1 aromatic carbocycles. The van der Waals surface area contributed by atoms with Gasteiger partial charge in [0.1, 0.15) is 5.75 Å². The molecule has 0 radical (unpaired) electrons. The zero-order valence-corrected chi connectivity index (χ0v) is 14.0. The van der Waals surface area contributed by atoms with Crippen LogP contribution in [-0.4, -0.2) is 58.3 Å². The summed E-state index contributed by atoms with van der Waals surface area (Å²) in [6.07, 6.45) is 7.63. The fourth-order valence-electron chi connectivity index (χ4n) is 4.29. The number of piperazine rings is 1. The molecular weight excluding hydrogens is 288 g/mol. The number of phenolic OH excluding ortho intramolecular Hbond substituents is 1. The summed E-state index contributed by atoms with van der Waals surface area (Å²) in [5, 5.41) is 19.1. The number of nitrogens with zero attached hydrogens (tertiary/aromatic N) is 2. The summed E-state index contributed by atoms with van der Waals surface area (Å²) in [7, 11) is 0. The van der Waals surface area contributed by atoms with Gasteiger partial charge in [-0.05, 0) is 37.0 Å². The molecule has 128 valence electrons. The Morgan fingerprint density at radius 1 is 1.09 bits per heavy atom. The van der Waals surface area contributed by atoms with Crippen LogP contribution in [0.1, 0.15) is 44.1 Å². The smallest absolute Gasteiger partial charge is 0.115 e. The van der Waals surface area contributed by atoms with Crippen LogP contribution in [0.2, 0.25) is 0 Å². The minimum atomic E-state index is 0.272. The summed E-state index contributed by atoms with van der Waals surface area (Å²) in [6.45, 7) is 4.36. The van der Waals surface area contributed by atoms with Gasteiger partial charge in [-0.3, -0.25) is 9.80 Å². The zero-order chi connectivity index (χ0) is 16.1. The largest absolute Gasteiger partial charge is 0.508 e. The number of hydrogen-bond acceptors (Lipinski definition) is 4. The SMILES string of the molecule is OCC[C@@H]1CN(Cc2cccc(O)c2)CCN1C1CCCCC1. The summed E-state index contributed by atoms with van der Waals surface area (Å²) in [6, 6.07) is 8.76. The van der Waals surface area contributed by atoms with Gasteiger partial charge in [0.15, 0.2) is 0 Å². The molecule has 1 saturated carbocycles. The number of aliphatic hydroxyl groups excluding tert-OH is 1. The van der Waals surface area contributed by atoms with Crippen molar-refractivity contribution in [3.05, 3.63) is 29.8 Å². The monoisotopic (exact) mass is 318 g/mol. The molecule has 1 atom stereocenters. The average Bonchev–Trinajstić information content (AvgIpc) is 2.56. The standard InChI is InChI=1S/C19H30N2O2/c22-12-9-18-15-20(14-16-5-4-8-19(23)13-16)10-11-21(18)17-6-2-1-3-7-17/h4-5,8,13,17-18,22-23H,1-3,6-7,9-12,14-15H2/t18-/m1/s1. The van der Waals surface area contributed by atoms with E-state index in [-0.39, 0.29) is 6.61 Å². The summed E-state index contributed by atoms with van der Waals surface area (Å²) < 4.78 is 0. The van der Waals surface area contributed by atoms with Gasteiger partial charge in [-0.15, -0.1) is 0 Å². The van der Waals surface area contributed by atoms with Crippen molar-refractivity contribution in [2.24, 2.45) is 0 Å². The first-order valence-electron chi connectivity index (χ1n) is 9.13. The van der Waals surface area contributed by atoms with E-state index in [4.69, 9.17) is 0 Å². The Kier molecular flexibility index (Phi) is 5.92. The van der Waals surface area contributed by atoms with E-state index < -0.39 is 0 Å². The van der Waals surface area contributed by atoms with Crippen molar-refractivity contribution in [3.63, 3.8) is 0 Å². The lowest BCUT2D eigenvalue weighted by Crippen LogP contribution is -2.56. The lowest BCUT2D eigenvalue weighted by Gasteiger charge is -2.46. The zero-order valence-electron chi connectivity index (χ0n) is 14.0. The molecule has 4 nitrogen and oxygen atoms in total. The molecule has 0 amide bonds. The van der Waals surface area contributed by atoms with Crippen LogP contribution in [0, 0.1) is 0 Å². The van der Waals surface area contributed by atoms with E-state index in [0.717, 1.165) is 38.6 Å². The van der Waals surface area contributed by atoms with E-state index in [1.165, 1.54) is 37.7 Å². The molecule has 0 unspecified atom stereocenters. The minimum absolute atomic E-state index is 0.272. The van der Waals surface area contributed by atoms with E-state index in [0.29, 0.717) is 11.8 Å². The van der Waals surface area contributed by atoms with Gasteiger partial charge < -0.3 is 10.2 Å². The van der Waals surface area contributed by atoms with Crippen LogP contribution in [-0.2, 0) is 6.54 Å². The first-order valence-corrected chi connectivity index (χ1v) is 9.13. The van der Waals surface area contributed by atoms with Crippen molar-refractivity contribution < 1.29 is 10.2 Å². The van der Waals surface area contributed by atoms with E-state index in [2.05, 4.69) is 15.9 Å². The second-order valence-electron chi connectivity index (χ2n) is 7.10. The van der Waals surface area contributed by atoms with Gasteiger partial charge in [-0.2, -0.15) is 0 Å². The quantitative estimate of drug-likeness (QED) is 0.876. The van der Waals surface area contributed by atoms with Gasteiger partial charge >= 0.3 is 0 Å². The van der Waals surface area contributed by atoms with E-state index in [9.17, 15) is 10.2 Å². The number of hydrogen-bond donors (Lipinski definition) is 2. The summed E-state index contributed by atoms with van der Waals surface area (Å²) in [5.74, 6) is 0.343. The predicted molar refractivity (Wildman–Crippen MR) is 92.5 cm³/mol. The third-order valence-corrected chi connectivity index (χ3v) is 5.44. The highest BCUT2D eigenvalue weighted by atomic mass is 16.3. The Bertz CT molecular complexity index is 488. The molecule has 2 N–H and O–H groups in total. The van der Waals surface area contributed by atoms with Crippen molar-refractivity contribution in [1.82, 2.24) is 9.80 Å². The molecule has 0 bridgehead atoms. The lowest BCUT2D eigenvalue weighted by atomic mass is 9.91. The number of aromatic hydroxyl groups is 1. The van der Waals surface area contributed by atoms with Crippen molar-refractivity contribution in [1.29, 1.82) is 0 Å². The summed E-state index contributed by atoms with van der Waals surface area (Å²) in [4.78, 5) is 5.14. The molecular formula is C19H30N2O2. The third-order valence-electron chi connectivity index (χ3n) is 5.44. The maximum Gasteiger partial charge on any atom is 0.115 e. The van der Waals surface area contributed by atoms with Crippen LogP contribution in [0.3, 0.4) is 0 Å². The van der Waals surface area contributed by atoms with Gasteiger partial charge in [-0.1, -0.05) is 31.4 Å². The molecule has 0 spiro atoms. The predicted octanol–water partition coefficient (Wildman–Crippen LogP) is 2.59. The Morgan fingerprint density at radius 2 is 1.91 bits per heavy atom. The van der Waals surface area contributed by atoms with Crippen LogP contribution in [0.5, 0.6) is 5.75 Å². The number of benzene rings is 1. The van der Waals surface area contributed by atoms with Gasteiger partial charge in [-0.25, -0.2) is 0 Å². The van der Waals surface area contributed by atoms with E-state index in [1.54, 1.807) is 6.07 Å². The second kappa shape index (κ2) is 8.13. The number of phenols is 1. The van der Waals surface area contributed by atoms with Gasteiger partial charge in [0.2, 0.25) is 0 Å². The minimum Gasteiger partial charge on any atom is -0.508 e. The van der Waals surface area contributed by atoms with E-state index >= 15 is 0 Å². The van der Waals surface area contributed by atoms with Crippen LogP contribution in [0.15, 0.2) is 24.3 Å². The lowest BCUT2D eigenvalue weighted by molar-refractivity contribution is 0.0136. The first kappa shape index (κ1) is 16.7. The molecule has 1 heterocycles. The van der Waals surface area contributed by atoms with Gasteiger partial charge in [0.25, 0.3) is 0 Å². The molecule has 2 aliphatic rings. The van der Waals surface area contributed by atoms with Crippen molar-refractivity contribution >= 4 is 0 Å². The highest BCUT2D eigenvalue weighted by Crippen LogP contribution is 2.27. The first-order chi connectivity index (χ1) is 11.3. The summed E-state index contributed by atoms with van der Waals surface area (Å²) >= 11 is 0. The fourth-order valence-corrected chi connectivity index (χ4v) is 4.29. The van der Waals surface area contributed by atoms with Crippen molar-refractivity contribution in [2.75, 3.05) is 26.2 Å².